The summed E-state index contributed by atoms with van der Waals surface area (Å²) in [6, 6.07) is 5.12. The highest BCUT2D eigenvalue weighted by Crippen LogP contribution is 2.69. The Bertz CT molecular complexity index is 719. The second-order valence-electron chi connectivity index (χ2n) is 6.47. The van der Waals surface area contributed by atoms with Gasteiger partial charge in [-0.3, -0.25) is 9.78 Å². The molecule has 1 aliphatic rings. The van der Waals surface area contributed by atoms with Crippen LogP contribution >= 0.6 is 0 Å². The lowest BCUT2D eigenvalue weighted by Gasteiger charge is -2.03. The molecule has 0 unspecified atom stereocenters. The van der Waals surface area contributed by atoms with Crippen molar-refractivity contribution in [2.45, 2.75) is 27.7 Å². The minimum absolute atomic E-state index is 0.0119. The van der Waals surface area contributed by atoms with Gasteiger partial charge in [0.2, 0.25) is 0 Å². The van der Waals surface area contributed by atoms with Crippen LogP contribution in [0.5, 0.6) is 0 Å². The van der Waals surface area contributed by atoms with Gasteiger partial charge in [0.05, 0.1) is 5.52 Å². The van der Waals surface area contributed by atoms with Gasteiger partial charge in [-0.25, -0.2) is 4.79 Å². The summed E-state index contributed by atoms with van der Waals surface area (Å²) in [6.07, 6.45) is 0. The highest BCUT2D eigenvalue weighted by Gasteiger charge is 2.67. The highest BCUT2D eigenvalue weighted by atomic mass is 16.4. The Kier molecular flexibility index (Phi) is 2.17. The SMILES string of the molecule is CC1(C)C(C(=O)c2ccc3[nH]c(=O)oc3c2)C1(C)C. The number of fused-ring (bicyclic) bond motifs is 1. The van der Waals surface area contributed by atoms with E-state index < -0.39 is 5.76 Å². The molecule has 0 aliphatic heterocycles. The van der Waals surface area contributed by atoms with Crippen LogP contribution in [0.15, 0.2) is 27.4 Å². The molecule has 19 heavy (non-hydrogen) atoms. The molecule has 1 N–H and O–H groups in total. The number of benzene rings is 1. The normalized spacial score (nSPS) is 20.6. The Morgan fingerprint density at radius 2 is 1.84 bits per heavy atom. The first-order valence-corrected chi connectivity index (χ1v) is 6.42. The van der Waals surface area contributed by atoms with Gasteiger partial charge in [-0.05, 0) is 29.0 Å². The number of hydrogen-bond donors (Lipinski definition) is 1. The lowest BCUT2D eigenvalue weighted by Crippen LogP contribution is -2.07. The van der Waals surface area contributed by atoms with Crippen LogP contribution in [0.3, 0.4) is 0 Å². The van der Waals surface area contributed by atoms with E-state index in [1.807, 2.05) is 0 Å². The number of hydrogen-bond acceptors (Lipinski definition) is 3. The maximum absolute atomic E-state index is 12.6. The van der Waals surface area contributed by atoms with E-state index in [9.17, 15) is 9.59 Å². The molecule has 0 atom stereocenters. The molecule has 4 heteroatoms. The van der Waals surface area contributed by atoms with E-state index in [0.29, 0.717) is 16.7 Å². The second-order valence-corrected chi connectivity index (χ2v) is 6.47. The van der Waals surface area contributed by atoms with E-state index >= 15 is 0 Å². The van der Waals surface area contributed by atoms with Gasteiger partial charge in [0.1, 0.15) is 0 Å². The maximum atomic E-state index is 12.6. The molecule has 100 valence electrons. The van der Waals surface area contributed by atoms with E-state index in [4.69, 9.17) is 4.42 Å². The fraction of sp³-hybridized carbons (Fsp3) is 0.467. The van der Waals surface area contributed by atoms with Crippen LogP contribution in [0.1, 0.15) is 38.1 Å². The molecule has 0 spiro atoms. The molecule has 4 nitrogen and oxygen atoms in total. The molecule has 1 heterocycles. The minimum Gasteiger partial charge on any atom is -0.408 e. The predicted octanol–water partition coefficient (Wildman–Crippen LogP) is 2.99. The molecular formula is C15H17NO3. The van der Waals surface area contributed by atoms with Crippen LogP contribution in [0.25, 0.3) is 11.1 Å². The summed E-state index contributed by atoms with van der Waals surface area (Å²) in [5, 5.41) is 0. The maximum Gasteiger partial charge on any atom is 0.417 e. The fourth-order valence-electron chi connectivity index (χ4n) is 3.12. The molecule has 1 aromatic carbocycles. The van der Waals surface area contributed by atoms with Crippen molar-refractivity contribution in [1.82, 2.24) is 4.98 Å². The molecule has 0 radical (unpaired) electrons. The first-order valence-electron chi connectivity index (χ1n) is 6.42. The first-order chi connectivity index (χ1) is 8.75. The zero-order valence-electron chi connectivity index (χ0n) is 11.5. The topological polar surface area (TPSA) is 63.1 Å². The van der Waals surface area contributed by atoms with Crippen LogP contribution in [-0.4, -0.2) is 10.8 Å². The average Bonchev–Trinajstić information content (AvgIpc) is 2.58. The van der Waals surface area contributed by atoms with E-state index in [-0.39, 0.29) is 22.5 Å². The number of nitrogens with one attached hydrogen (secondary N) is 1. The smallest absolute Gasteiger partial charge is 0.408 e. The zero-order chi connectivity index (χ0) is 14.0. The molecule has 1 fully saturated rings. The molecule has 0 saturated heterocycles. The van der Waals surface area contributed by atoms with Crippen molar-refractivity contribution >= 4 is 16.9 Å². The summed E-state index contributed by atoms with van der Waals surface area (Å²) < 4.78 is 5.00. The monoisotopic (exact) mass is 259 g/mol. The van der Waals surface area contributed by atoms with Crippen LogP contribution < -0.4 is 5.76 Å². The zero-order valence-corrected chi connectivity index (χ0v) is 11.5. The number of carbonyl (C=O) groups is 1. The van der Waals surface area contributed by atoms with Gasteiger partial charge in [-0.2, -0.15) is 0 Å². The molecule has 1 saturated carbocycles. The molecule has 1 aliphatic carbocycles. The Labute approximate surface area is 110 Å². The van der Waals surface area contributed by atoms with Gasteiger partial charge in [0, 0.05) is 11.5 Å². The van der Waals surface area contributed by atoms with E-state index in [0.717, 1.165) is 0 Å². The van der Waals surface area contributed by atoms with Crippen molar-refractivity contribution in [2.24, 2.45) is 16.7 Å². The number of aromatic amines is 1. The molecule has 0 amide bonds. The van der Waals surface area contributed by atoms with Crippen LogP contribution in [0.4, 0.5) is 0 Å². The van der Waals surface area contributed by atoms with Gasteiger partial charge in [-0.15, -0.1) is 0 Å². The highest BCUT2D eigenvalue weighted by molar-refractivity contribution is 6.02. The third-order valence-corrected chi connectivity index (χ3v) is 4.99. The Hall–Kier alpha value is -1.84. The third-order valence-electron chi connectivity index (χ3n) is 4.99. The number of aromatic nitrogens is 1. The molecule has 0 bridgehead atoms. The third kappa shape index (κ3) is 1.52. The van der Waals surface area contributed by atoms with E-state index in [1.165, 1.54) is 0 Å². The number of rotatable bonds is 2. The summed E-state index contributed by atoms with van der Waals surface area (Å²) in [5.74, 6) is -0.351. The Morgan fingerprint density at radius 3 is 2.42 bits per heavy atom. The summed E-state index contributed by atoms with van der Waals surface area (Å²) in [5.41, 5.74) is 1.69. The molecular weight excluding hydrogens is 242 g/mol. The van der Waals surface area contributed by atoms with Gasteiger partial charge < -0.3 is 4.42 Å². The Balaban J connectivity index is 2.01. The summed E-state index contributed by atoms with van der Waals surface area (Å²) in [6.45, 7) is 8.46. The van der Waals surface area contributed by atoms with Gasteiger partial charge in [0.25, 0.3) is 0 Å². The number of ketones is 1. The number of H-pyrrole nitrogens is 1. The largest absolute Gasteiger partial charge is 0.417 e. The van der Waals surface area contributed by atoms with Crippen molar-refractivity contribution in [2.75, 3.05) is 0 Å². The number of carbonyl (C=O) groups excluding carboxylic acids is 1. The van der Waals surface area contributed by atoms with Crippen molar-refractivity contribution < 1.29 is 9.21 Å². The summed E-state index contributed by atoms with van der Waals surface area (Å²) in [4.78, 5) is 26.2. The van der Waals surface area contributed by atoms with Gasteiger partial charge in [0.15, 0.2) is 11.4 Å². The number of Topliss-reactive ketones (excluding diaryl/α,β-unsaturated/α-hetero) is 1. The fourth-order valence-corrected chi connectivity index (χ4v) is 3.12. The summed E-state index contributed by atoms with van der Waals surface area (Å²) >= 11 is 0. The Morgan fingerprint density at radius 1 is 1.21 bits per heavy atom. The molecule has 3 rings (SSSR count). The minimum atomic E-state index is -0.494. The quantitative estimate of drug-likeness (QED) is 0.843. The standard InChI is InChI=1S/C15H17NO3/c1-14(2)12(15(14,3)4)11(17)8-5-6-9-10(7-8)19-13(18)16-9/h5-7,12H,1-4H3,(H,16,18). The lowest BCUT2D eigenvalue weighted by molar-refractivity contribution is 0.0945. The van der Waals surface area contributed by atoms with Crippen LogP contribution in [-0.2, 0) is 0 Å². The van der Waals surface area contributed by atoms with E-state index in [1.54, 1.807) is 18.2 Å². The second kappa shape index (κ2) is 3.38. The van der Waals surface area contributed by atoms with Gasteiger partial charge in [-0.1, -0.05) is 27.7 Å². The van der Waals surface area contributed by atoms with Crippen molar-refractivity contribution in [3.8, 4) is 0 Å². The molecule has 1 aromatic heterocycles. The number of oxazole rings is 1. The van der Waals surface area contributed by atoms with Gasteiger partial charge >= 0.3 is 5.76 Å². The predicted molar refractivity (Wildman–Crippen MR) is 72.2 cm³/mol. The first kappa shape index (κ1) is 12.2. The van der Waals surface area contributed by atoms with Crippen LogP contribution in [0.2, 0.25) is 0 Å². The van der Waals surface area contributed by atoms with Crippen molar-refractivity contribution in [3.63, 3.8) is 0 Å². The van der Waals surface area contributed by atoms with Crippen molar-refractivity contribution in [1.29, 1.82) is 0 Å². The lowest BCUT2D eigenvalue weighted by atomic mass is 10.0. The van der Waals surface area contributed by atoms with Crippen LogP contribution in [0, 0.1) is 16.7 Å². The summed E-state index contributed by atoms with van der Waals surface area (Å²) in [7, 11) is 0. The average molecular weight is 259 g/mol. The van der Waals surface area contributed by atoms with E-state index in [2.05, 4.69) is 32.7 Å². The van der Waals surface area contributed by atoms with Crippen molar-refractivity contribution in [3.05, 3.63) is 34.3 Å². The molecule has 2 aromatic rings.